The Morgan fingerprint density at radius 1 is 1.38 bits per heavy atom. The van der Waals surface area contributed by atoms with E-state index in [1.54, 1.807) is 0 Å². The number of rotatable bonds is 3. The maximum atomic E-state index is 8.54. The number of benzene rings is 1. The molecule has 1 aromatic rings. The fourth-order valence-corrected chi connectivity index (χ4v) is 1.24. The minimum Gasteiger partial charge on any atom is -0.399 e. The van der Waals surface area contributed by atoms with Crippen LogP contribution in [0.1, 0.15) is 18.1 Å². The maximum Gasteiger partial charge on any atom is 0.0461 e. The van der Waals surface area contributed by atoms with Gasteiger partial charge >= 0.3 is 0 Å². The first-order chi connectivity index (χ1) is 5.77. The second-order valence-corrected chi connectivity index (χ2v) is 2.72. The number of anilines is 1. The normalized spacial score (nSPS) is 9.38. The van der Waals surface area contributed by atoms with E-state index < -0.39 is 0 Å². The molecule has 1 aromatic carbocycles. The molecule has 0 unspecified atom stereocenters. The smallest absolute Gasteiger partial charge is 0.0461 e. The van der Waals surface area contributed by atoms with E-state index in [0.29, 0.717) is 6.54 Å². The van der Waals surface area contributed by atoms with E-state index in [1.807, 2.05) is 18.2 Å². The molecule has 0 radical (unpaired) electrons. The molecule has 0 heterocycles. The number of hydroxylamine groups is 1. The van der Waals surface area contributed by atoms with Gasteiger partial charge in [0.05, 0.1) is 0 Å². The summed E-state index contributed by atoms with van der Waals surface area (Å²) in [6.45, 7) is 2.53. The molecule has 4 N–H and O–H groups in total. The summed E-state index contributed by atoms with van der Waals surface area (Å²) in [4.78, 5) is 0. The summed E-state index contributed by atoms with van der Waals surface area (Å²) in [6.07, 6.45) is 0.956. The molecule has 0 bridgehead atoms. The van der Waals surface area contributed by atoms with Crippen LogP contribution >= 0.6 is 0 Å². The van der Waals surface area contributed by atoms with Crippen molar-refractivity contribution in [3.63, 3.8) is 0 Å². The van der Waals surface area contributed by atoms with Crippen molar-refractivity contribution in [1.82, 2.24) is 5.48 Å². The molecule has 0 aromatic heterocycles. The number of hydrogen-bond acceptors (Lipinski definition) is 3. The quantitative estimate of drug-likeness (QED) is 0.508. The van der Waals surface area contributed by atoms with Crippen LogP contribution in [0.25, 0.3) is 0 Å². The van der Waals surface area contributed by atoms with Crippen LogP contribution < -0.4 is 11.2 Å². The molecule has 0 spiro atoms. The van der Waals surface area contributed by atoms with Gasteiger partial charge < -0.3 is 10.9 Å². The van der Waals surface area contributed by atoms with Crippen LogP contribution in [0.15, 0.2) is 18.2 Å². The van der Waals surface area contributed by atoms with Gasteiger partial charge in [0.25, 0.3) is 0 Å². The van der Waals surface area contributed by atoms with Gasteiger partial charge in [-0.25, -0.2) is 5.48 Å². The predicted octanol–water partition coefficient (Wildman–Crippen LogP) is 1.31. The van der Waals surface area contributed by atoms with Crippen LogP contribution in [-0.2, 0) is 13.0 Å². The first-order valence-corrected chi connectivity index (χ1v) is 4.02. The van der Waals surface area contributed by atoms with Crippen molar-refractivity contribution in [3.05, 3.63) is 29.3 Å². The largest absolute Gasteiger partial charge is 0.399 e. The van der Waals surface area contributed by atoms with Crippen LogP contribution in [0.3, 0.4) is 0 Å². The molecule has 13 heavy (non-hydrogen) atoms. The standard InChI is InChI=1S/C9H14N2O.Fm/c1-2-7-3-4-9(10)5-8(7)6-11-12;/h3-5,11-12H,2,6,10H2,1H3;. The van der Waals surface area contributed by atoms with Gasteiger partial charge in [0.15, 0.2) is 0 Å². The molecule has 0 fully saturated rings. The fourth-order valence-electron chi connectivity index (χ4n) is 1.24. The van der Waals surface area contributed by atoms with Gasteiger partial charge in [-0.15, -0.1) is 0 Å². The van der Waals surface area contributed by atoms with Crippen molar-refractivity contribution in [2.75, 3.05) is 5.73 Å². The number of aryl methyl sites for hydroxylation is 1. The topological polar surface area (TPSA) is 58.3 Å². The van der Waals surface area contributed by atoms with E-state index in [0.717, 1.165) is 17.7 Å². The van der Waals surface area contributed by atoms with E-state index >= 15 is 0 Å². The molecule has 0 saturated carbocycles. The molecule has 78 valence electrons. The number of hydrogen-bond donors (Lipinski definition) is 3. The molecular formula is C9H14FmN2O. The van der Waals surface area contributed by atoms with Crippen LogP contribution in [0.2, 0.25) is 0 Å². The van der Waals surface area contributed by atoms with Crippen molar-refractivity contribution in [2.45, 2.75) is 19.9 Å². The predicted molar refractivity (Wildman–Crippen MR) is 48.9 cm³/mol. The number of nitrogens with two attached hydrogens (primary N) is 1. The minimum absolute atomic E-state index is 0. The van der Waals surface area contributed by atoms with E-state index in [-0.39, 0.29) is 0 Å². The average Bonchev–Trinajstić information content (AvgIpc) is 2.05. The molecule has 4 heteroatoms. The van der Waals surface area contributed by atoms with E-state index in [2.05, 4.69) is 12.4 Å². The summed E-state index contributed by atoms with van der Waals surface area (Å²) in [7, 11) is 0. The monoisotopic (exact) mass is 423 g/mol. The Balaban J connectivity index is 0.00000144. The Morgan fingerprint density at radius 3 is 2.62 bits per heavy atom. The van der Waals surface area contributed by atoms with Crippen LogP contribution in [-0.4, -0.2) is 5.21 Å². The van der Waals surface area contributed by atoms with Crippen LogP contribution in [0, 0.1) is 0 Å². The Kier molecular flexibility index (Phi) is 3.99. The Morgan fingerprint density at radius 2 is 2.08 bits per heavy atom. The molecule has 1 rings (SSSR count). The molecule has 0 aliphatic carbocycles. The second-order valence-electron chi connectivity index (χ2n) is 2.72. The maximum absolute atomic E-state index is 8.54. The SMILES string of the molecule is CCc1ccc(N)cc1CNO.[Fm]. The van der Waals surface area contributed by atoms with Crippen molar-refractivity contribution in [1.29, 1.82) is 0 Å². The Labute approximate surface area is 72.2 Å². The van der Waals surface area contributed by atoms with Gasteiger partial charge in [-0.2, -0.15) is 0 Å². The zero-order chi connectivity index (χ0) is 8.97. The van der Waals surface area contributed by atoms with Crippen molar-refractivity contribution < 1.29 is 5.21 Å². The van der Waals surface area contributed by atoms with Crippen molar-refractivity contribution in [2.24, 2.45) is 0 Å². The van der Waals surface area contributed by atoms with Gasteiger partial charge in [-0.05, 0) is 29.7 Å². The molecule has 3 nitrogen and oxygen atoms in total. The summed E-state index contributed by atoms with van der Waals surface area (Å²) >= 11 is 0. The van der Waals surface area contributed by atoms with Crippen LogP contribution in [0.4, 0.5) is 5.69 Å². The van der Waals surface area contributed by atoms with Gasteiger partial charge in [0, 0.05) is 12.2 Å². The summed E-state index contributed by atoms with van der Waals surface area (Å²) in [5, 5.41) is 8.54. The number of nitrogen functional groups attached to an aromatic ring is 1. The molecule has 0 atom stereocenters. The molecule has 0 saturated heterocycles. The average molecular weight is 423 g/mol. The van der Waals surface area contributed by atoms with Gasteiger partial charge in [-0.3, -0.25) is 0 Å². The van der Waals surface area contributed by atoms with E-state index in [9.17, 15) is 0 Å². The first kappa shape index (κ1) is 10.9. The molecule has 0 amide bonds. The zero-order valence-electron chi connectivity index (χ0n) is 7.46. The minimum atomic E-state index is 0. The summed E-state index contributed by atoms with van der Waals surface area (Å²) in [6, 6.07) is 5.74. The Bertz CT molecular complexity index is 266. The third-order valence-corrected chi connectivity index (χ3v) is 1.88. The molecule has 0 aliphatic rings. The fraction of sp³-hybridized carbons (Fsp3) is 0.333. The number of nitrogens with one attached hydrogen (secondary N) is 1. The third-order valence-electron chi connectivity index (χ3n) is 1.88. The summed E-state index contributed by atoms with van der Waals surface area (Å²) < 4.78 is 0. The molecular weight excluding hydrogens is 409 g/mol. The van der Waals surface area contributed by atoms with Crippen LogP contribution in [0.5, 0.6) is 0 Å². The summed E-state index contributed by atoms with van der Waals surface area (Å²) in [5.74, 6) is 0. The van der Waals surface area contributed by atoms with Gasteiger partial charge in [0.2, 0.25) is 0 Å². The third kappa shape index (κ3) is 2.47. The van der Waals surface area contributed by atoms with E-state index in [4.69, 9.17) is 10.9 Å². The second kappa shape index (κ2) is 4.74. The summed E-state index contributed by atoms with van der Waals surface area (Å²) in [5.41, 5.74) is 10.7. The zero-order valence-corrected chi connectivity index (χ0v) is 9.86. The Hall–Kier alpha value is -2.06. The van der Waals surface area contributed by atoms with E-state index in [1.165, 1.54) is 5.56 Å². The van der Waals surface area contributed by atoms with Gasteiger partial charge in [0.1, 0.15) is 0 Å². The van der Waals surface area contributed by atoms with Crippen molar-refractivity contribution in [3.8, 4) is 0 Å². The molecule has 0 aliphatic heterocycles. The first-order valence-electron chi connectivity index (χ1n) is 4.02. The van der Waals surface area contributed by atoms with Gasteiger partial charge in [-0.1, -0.05) is 13.0 Å². The van der Waals surface area contributed by atoms with Crippen molar-refractivity contribution >= 4 is 5.69 Å².